The summed E-state index contributed by atoms with van der Waals surface area (Å²) in [6, 6.07) is -1.39. The van der Waals surface area contributed by atoms with Crippen molar-refractivity contribution in [3.05, 3.63) is 30.1 Å². The average Bonchev–Trinajstić information content (AvgIpc) is 3.54. The Morgan fingerprint density at radius 3 is 2.69 bits per heavy atom. The van der Waals surface area contributed by atoms with Crippen molar-refractivity contribution < 1.29 is 19.4 Å². The molecule has 2 N–H and O–H groups in total. The summed E-state index contributed by atoms with van der Waals surface area (Å²) in [5.74, 6) is 0.397. The second-order valence-corrected chi connectivity index (χ2v) is 10.3. The summed E-state index contributed by atoms with van der Waals surface area (Å²) >= 11 is 0. The van der Waals surface area contributed by atoms with Crippen molar-refractivity contribution in [3.63, 3.8) is 0 Å². The Bertz CT molecular complexity index is 1020. The molecule has 2 unspecified atom stereocenters. The molecular formula is C23H36N8O4. The minimum Gasteiger partial charge on any atom is -0.391 e. The first-order chi connectivity index (χ1) is 16.7. The van der Waals surface area contributed by atoms with Gasteiger partial charge in [-0.05, 0) is 5.41 Å². The van der Waals surface area contributed by atoms with Crippen molar-refractivity contribution in [3.8, 4) is 0 Å². The van der Waals surface area contributed by atoms with Crippen LogP contribution in [0.4, 0.5) is 0 Å². The maximum Gasteiger partial charge on any atom is 0.248 e. The third-order valence-electron chi connectivity index (χ3n) is 6.59. The second kappa shape index (κ2) is 10.4. The summed E-state index contributed by atoms with van der Waals surface area (Å²) in [6.07, 6.45) is 4.96. The number of β-amino-alcohol motifs (C(OH)–C–C–N with tert-alkyl or cyclic N) is 1. The number of likely N-dealkylation sites (N-methyl/N-ethyl adjacent to an activating group) is 1. The fourth-order valence-electron chi connectivity index (χ4n) is 4.79. The summed E-state index contributed by atoms with van der Waals surface area (Å²) in [5, 5.41) is 21.4. The Balaban J connectivity index is 1.52. The van der Waals surface area contributed by atoms with E-state index in [0.29, 0.717) is 12.2 Å². The van der Waals surface area contributed by atoms with Crippen LogP contribution in [0.1, 0.15) is 44.8 Å². The number of hydrogen-bond donors (Lipinski definition) is 2. The number of likely N-dealkylation sites (tertiary alicyclic amines) is 1. The SMILES string of the molecule is CNC(=O)[C@H]1CC(O)CN1C(=O)C(n1cc(Cn2ccnc2CN2CCOCC2)nn1)C(C)(C)C. The molecule has 35 heavy (non-hydrogen) atoms. The Morgan fingerprint density at radius 1 is 1.26 bits per heavy atom. The van der Waals surface area contributed by atoms with Gasteiger partial charge in [0, 0.05) is 45.5 Å². The Kier molecular flexibility index (Phi) is 7.53. The van der Waals surface area contributed by atoms with Crippen LogP contribution in [0, 0.1) is 5.41 Å². The molecule has 2 saturated heterocycles. The number of nitrogens with zero attached hydrogens (tertiary/aromatic N) is 7. The monoisotopic (exact) mass is 488 g/mol. The molecule has 0 bridgehead atoms. The van der Waals surface area contributed by atoms with Crippen molar-refractivity contribution in [2.24, 2.45) is 5.41 Å². The number of aromatic nitrogens is 5. The molecule has 2 fully saturated rings. The minimum atomic E-state index is -0.737. The number of aliphatic hydroxyl groups is 1. The molecule has 12 heteroatoms. The number of imidazole rings is 1. The standard InChI is InChI=1S/C23H36N8O4/c1-23(2,3)20(22(34)30-14-17(32)11-18(30)21(33)24-4)31-13-16(26-27-31)12-29-6-5-25-19(29)15-28-7-9-35-10-8-28/h5-6,13,17-18,20,32H,7-12,14-15H2,1-4H3,(H,24,33)/t17?,18-,20?/m1/s1. The van der Waals surface area contributed by atoms with Crippen LogP contribution in [-0.2, 0) is 27.4 Å². The molecule has 192 valence electrons. The lowest BCUT2D eigenvalue weighted by Crippen LogP contribution is -2.49. The number of carbonyl (C=O) groups is 2. The van der Waals surface area contributed by atoms with Gasteiger partial charge in [0.15, 0.2) is 0 Å². The van der Waals surface area contributed by atoms with E-state index in [0.717, 1.165) is 38.7 Å². The van der Waals surface area contributed by atoms with Crippen LogP contribution >= 0.6 is 0 Å². The summed E-state index contributed by atoms with van der Waals surface area (Å²) in [7, 11) is 1.53. The molecule has 2 aliphatic rings. The van der Waals surface area contributed by atoms with Crippen molar-refractivity contribution in [2.75, 3.05) is 39.9 Å². The third-order valence-corrected chi connectivity index (χ3v) is 6.59. The molecule has 4 heterocycles. The summed E-state index contributed by atoms with van der Waals surface area (Å²) in [6.45, 7) is 10.4. The van der Waals surface area contributed by atoms with Gasteiger partial charge in [-0.1, -0.05) is 26.0 Å². The molecule has 0 aliphatic carbocycles. The molecule has 12 nitrogen and oxygen atoms in total. The molecule has 0 aromatic carbocycles. The molecule has 2 aromatic heterocycles. The van der Waals surface area contributed by atoms with E-state index >= 15 is 0 Å². The highest BCUT2D eigenvalue weighted by Crippen LogP contribution is 2.34. The summed E-state index contributed by atoms with van der Waals surface area (Å²) in [4.78, 5) is 34.3. The van der Waals surface area contributed by atoms with Crippen LogP contribution < -0.4 is 5.32 Å². The van der Waals surface area contributed by atoms with Gasteiger partial charge in [-0.25, -0.2) is 9.67 Å². The molecule has 0 saturated carbocycles. The van der Waals surface area contributed by atoms with E-state index in [1.807, 2.05) is 31.5 Å². The van der Waals surface area contributed by atoms with Gasteiger partial charge in [-0.15, -0.1) is 5.10 Å². The maximum atomic E-state index is 13.7. The topological polar surface area (TPSA) is 131 Å². The van der Waals surface area contributed by atoms with Gasteiger partial charge >= 0.3 is 0 Å². The fraction of sp³-hybridized carbons (Fsp3) is 0.696. The molecule has 2 aromatic rings. The molecule has 3 atom stereocenters. The molecule has 2 aliphatic heterocycles. The highest BCUT2D eigenvalue weighted by Gasteiger charge is 2.45. The van der Waals surface area contributed by atoms with Crippen molar-refractivity contribution in [2.45, 2.75) is 58.5 Å². The third kappa shape index (κ3) is 5.71. The first-order valence-electron chi connectivity index (χ1n) is 12.1. The zero-order valence-electron chi connectivity index (χ0n) is 20.9. The number of ether oxygens (including phenoxy) is 1. The second-order valence-electron chi connectivity index (χ2n) is 10.3. The van der Waals surface area contributed by atoms with E-state index in [2.05, 4.69) is 25.5 Å². The molecule has 0 radical (unpaired) electrons. The summed E-state index contributed by atoms with van der Waals surface area (Å²) in [5.41, 5.74) is 0.205. The van der Waals surface area contributed by atoms with Crippen molar-refractivity contribution in [1.82, 2.24) is 39.7 Å². The number of rotatable bonds is 7. The van der Waals surface area contributed by atoms with Crippen LogP contribution in [0.3, 0.4) is 0 Å². The number of hydrogen-bond acceptors (Lipinski definition) is 8. The van der Waals surface area contributed by atoms with Gasteiger partial charge in [0.2, 0.25) is 11.8 Å². The Labute approximate surface area is 205 Å². The van der Waals surface area contributed by atoms with E-state index < -0.39 is 23.6 Å². The Hall–Kier alpha value is -2.83. The van der Waals surface area contributed by atoms with Gasteiger partial charge < -0.3 is 24.6 Å². The van der Waals surface area contributed by atoms with Crippen LogP contribution in [0.5, 0.6) is 0 Å². The highest BCUT2D eigenvalue weighted by atomic mass is 16.5. The number of nitrogens with one attached hydrogen (secondary N) is 1. The minimum absolute atomic E-state index is 0.116. The van der Waals surface area contributed by atoms with Crippen LogP contribution in [0.25, 0.3) is 0 Å². The van der Waals surface area contributed by atoms with E-state index in [1.165, 1.54) is 11.9 Å². The van der Waals surface area contributed by atoms with Crippen LogP contribution in [-0.4, -0.2) is 103 Å². The van der Waals surface area contributed by atoms with E-state index in [-0.39, 0.29) is 24.8 Å². The van der Waals surface area contributed by atoms with E-state index in [9.17, 15) is 14.7 Å². The van der Waals surface area contributed by atoms with E-state index in [1.54, 1.807) is 17.1 Å². The smallest absolute Gasteiger partial charge is 0.248 e. The van der Waals surface area contributed by atoms with Gasteiger partial charge in [0.1, 0.15) is 23.6 Å². The van der Waals surface area contributed by atoms with Crippen LogP contribution in [0.15, 0.2) is 18.6 Å². The number of carbonyl (C=O) groups excluding carboxylic acids is 2. The fourth-order valence-corrected chi connectivity index (χ4v) is 4.79. The lowest BCUT2D eigenvalue weighted by atomic mass is 9.85. The lowest BCUT2D eigenvalue weighted by molar-refractivity contribution is -0.144. The van der Waals surface area contributed by atoms with Gasteiger partial charge in [-0.2, -0.15) is 0 Å². The zero-order chi connectivity index (χ0) is 25.2. The molecule has 2 amide bonds. The average molecular weight is 489 g/mol. The zero-order valence-corrected chi connectivity index (χ0v) is 20.9. The number of morpholine rings is 1. The van der Waals surface area contributed by atoms with Crippen molar-refractivity contribution >= 4 is 11.8 Å². The first-order valence-corrected chi connectivity index (χ1v) is 12.1. The Morgan fingerprint density at radius 2 is 2.00 bits per heavy atom. The normalized spacial score (nSPS) is 22.4. The van der Waals surface area contributed by atoms with E-state index in [4.69, 9.17) is 4.74 Å². The van der Waals surface area contributed by atoms with Gasteiger partial charge in [-0.3, -0.25) is 14.5 Å². The first kappa shape index (κ1) is 25.3. The molecule has 0 spiro atoms. The number of aliphatic hydroxyl groups excluding tert-OH is 1. The lowest BCUT2D eigenvalue weighted by Gasteiger charge is -2.34. The van der Waals surface area contributed by atoms with Gasteiger partial charge in [0.25, 0.3) is 0 Å². The maximum absolute atomic E-state index is 13.7. The highest BCUT2D eigenvalue weighted by molar-refractivity contribution is 5.90. The van der Waals surface area contributed by atoms with Gasteiger partial charge in [0.05, 0.1) is 38.6 Å². The number of amides is 2. The van der Waals surface area contributed by atoms with Crippen molar-refractivity contribution in [1.29, 1.82) is 0 Å². The van der Waals surface area contributed by atoms with Crippen LogP contribution in [0.2, 0.25) is 0 Å². The largest absolute Gasteiger partial charge is 0.391 e. The predicted molar refractivity (Wildman–Crippen MR) is 126 cm³/mol. The molecule has 4 rings (SSSR count). The molecular weight excluding hydrogens is 452 g/mol. The predicted octanol–water partition coefficient (Wildman–Crippen LogP) is -0.350. The quantitative estimate of drug-likeness (QED) is 0.541. The summed E-state index contributed by atoms with van der Waals surface area (Å²) < 4.78 is 9.05.